The number of urea groups is 1. The maximum absolute atomic E-state index is 13.0. The van der Waals surface area contributed by atoms with Crippen LogP contribution in [0.5, 0.6) is 11.6 Å². The molecule has 8 nitrogen and oxygen atoms in total. The normalized spacial score (nSPS) is 23.6. The lowest BCUT2D eigenvalue weighted by Crippen LogP contribution is -2.63. The number of hydrogen-bond donors (Lipinski definition) is 1. The average Bonchev–Trinajstić information content (AvgIpc) is 2.75. The molecule has 4 heterocycles. The van der Waals surface area contributed by atoms with Gasteiger partial charge in [0, 0.05) is 44.4 Å². The van der Waals surface area contributed by atoms with Crippen molar-refractivity contribution in [3.8, 4) is 11.6 Å². The minimum atomic E-state index is -0.319. The van der Waals surface area contributed by atoms with E-state index >= 15 is 0 Å². The van der Waals surface area contributed by atoms with Crippen LogP contribution in [0.25, 0.3) is 0 Å². The van der Waals surface area contributed by atoms with E-state index in [9.17, 15) is 14.0 Å². The summed E-state index contributed by atoms with van der Waals surface area (Å²) in [6.45, 7) is 2.48. The molecule has 3 aliphatic rings. The largest absolute Gasteiger partial charge is 0.439 e. The second-order valence-electron chi connectivity index (χ2n) is 8.13. The molecule has 0 spiro atoms. The van der Waals surface area contributed by atoms with E-state index in [4.69, 9.17) is 9.47 Å². The van der Waals surface area contributed by atoms with E-state index in [-0.39, 0.29) is 42.4 Å². The van der Waals surface area contributed by atoms with Crippen molar-refractivity contribution >= 4 is 11.9 Å². The minimum Gasteiger partial charge on any atom is -0.439 e. The van der Waals surface area contributed by atoms with E-state index in [0.29, 0.717) is 37.8 Å². The Morgan fingerprint density at radius 3 is 2.68 bits per heavy atom. The zero-order valence-electron chi connectivity index (χ0n) is 16.9. The molecule has 0 unspecified atom stereocenters. The first-order valence-electron chi connectivity index (χ1n) is 10.4. The van der Waals surface area contributed by atoms with Gasteiger partial charge in [-0.15, -0.1) is 0 Å². The van der Waals surface area contributed by atoms with E-state index in [1.54, 1.807) is 29.3 Å². The first-order valence-corrected chi connectivity index (χ1v) is 10.4. The van der Waals surface area contributed by atoms with Crippen molar-refractivity contribution in [1.29, 1.82) is 0 Å². The zero-order valence-corrected chi connectivity index (χ0v) is 16.9. The predicted molar refractivity (Wildman–Crippen MR) is 108 cm³/mol. The Balaban J connectivity index is 1.13. The molecule has 3 saturated heterocycles. The van der Waals surface area contributed by atoms with Gasteiger partial charge in [0.2, 0.25) is 11.8 Å². The molecule has 1 N–H and O–H groups in total. The van der Waals surface area contributed by atoms with Crippen LogP contribution in [0.1, 0.15) is 17.9 Å². The number of hydrogen-bond acceptors (Lipinski definition) is 5. The number of aromatic nitrogens is 1. The maximum atomic E-state index is 13.0. The third kappa shape index (κ3) is 4.18. The lowest BCUT2D eigenvalue weighted by atomic mass is 9.93. The summed E-state index contributed by atoms with van der Waals surface area (Å²) >= 11 is 0. The third-order valence-corrected chi connectivity index (χ3v) is 6.01. The number of carbonyl (C=O) groups is 2. The van der Waals surface area contributed by atoms with Gasteiger partial charge in [-0.25, -0.2) is 14.2 Å². The van der Waals surface area contributed by atoms with E-state index in [1.165, 1.54) is 12.1 Å². The van der Waals surface area contributed by atoms with Gasteiger partial charge in [0.15, 0.2) is 0 Å². The number of halogens is 1. The van der Waals surface area contributed by atoms with Crippen LogP contribution in [0.4, 0.5) is 9.18 Å². The van der Waals surface area contributed by atoms with Crippen molar-refractivity contribution in [2.45, 2.75) is 24.5 Å². The molecule has 5 rings (SSSR count). The number of rotatable bonds is 3. The van der Waals surface area contributed by atoms with E-state index in [2.05, 4.69) is 10.3 Å². The van der Waals surface area contributed by atoms with Crippen molar-refractivity contribution in [1.82, 2.24) is 20.1 Å². The summed E-state index contributed by atoms with van der Waals surface area (Å²) in [7, 11) is 0. The van der Waals surface area contributed by atoms with Gasteiger partial charge in [-0.1, -0.05) is 6.07 Å². The number of carbonyl (C=O) groups excluding carboxylic acids is 2. The standard InChI is InChI=1S/C22H23FN4O4/c23-16-2-4-17(5-3-16)31-21-6-1-14(9-24-21)15-10-27(11-15)22(29)26-8-7-19-18(12-26)25-20(28)13-30-19/h1-6,9,15,18-19H,7-8,10-13H2,(H,25,28)/t18-,19+/m1/s1. The molecule has 9 heteroatoms. The van der Waals surface area contributed by atoms with Crippen molar-refractivity contribution in [2.75, 3.05) is 32.8 Å². The molecule has 2 aromatic rings. The Morgan fingerprint density at radius 2 is 1.94 bits per heavy atom. The average molecular weight is 426 g/mol. The molecular formula is C22H23FN4O4. The van der Waals surface area contributed by atoms with Gasteiger partial charge in [-0.2, -0.15) is 0 Å². The highest BCUT2D eigenvalue weighted by Crippen LogP contribution is 2.30. The van der Waals surface area contributed by atoms with Crippen molar-refractivity contribution in [3.05, 3.63) is 54.0 Å². The fraction of sp³-hybridized carbons (Fsp3) is 0.409. The van der Waals surface area contributed by atoms with Crippen molar-refractivity contribution in [2.24, 2.45) is 0 Å². The van der Waals surface area contributed by atoms with Crippen molar-refractivity contribution in [3.63, 3.8) is 0 Å². The highest BCUT2D eigenvalue weighted by atomic mass is 19.1. The van der Waals surface area contributed by atoms with E-state index < -0.39 is 0 Å². The highest BCUT2D eigenvalue weighted by molar-refractivity contribution is 5.79. The van der Waals surface area contributed by atoms with Gasteiger partial charge < -0.3 is 24.6 Å². The molecule has 0 saturated carbocycles. The number of amides is 3. The molecule has 3 fully saturated rings. The highest BCUT2D eigenvalue weighted by Gasteiger charge is 2.40. The number of piperidine rings is 1. The van der Waals surface area contributed by atoms with Gasteiger partial charge in [0.25, 0.3) is 0 Å². The van der Waals surface area contributed by atoms with Gasteiger partial charge in [0.05, 0.1) is 12.1 Å². The Labute approximate surface area is 178 Å². The fourth-order valence-corrected chi connectivity index (χ4v) is 4.24. The number of nitrogens with zero attached hydrogens (tertiary/aromatic N) is 3. The number of fused-ring (bicyclic) bond motifs is 1. The number of nitrogens with one attached hydrogen (secondary N) is 1. The Kier molecular flexibility index (Phi) is 5.19. The molecule has 162 valence electrons. The SMILES string of the molecule is O=C1CO[C@H]2CCN(C(=O)N3CC(c4ccc(Oc5ccc(F)cc5)nc4)C3)C[C@H]2N1. The summed E-state index contributed by atoms with van der Waals surface area (Å²) in [4.78, 5) is 32.3. The topological polar surface area (TPSA) is 84.0 Å². The molecule has 1 aromatic carbocycles. The summed E-state index contributed by atoms with van der Waals surface area (Å²) in [5.74, 6) is 0.735. The molecule has 3 amide bonds. The minimum absolute atomic E-state index is 0.00116. The monoisotopic (exact) mass is 426 g/mol. The van der Waals surface area contributed by atoms with Crippen LogP contribution < -0.4 is 10.1 Å². The van der Waals surface area contributed by atoms with E-state index in [1.807, 2.05) is 11.0 Å². The van der Waals surface area contributed by atoms with Gasteiger partial charge in [-0.05, 0) is 36.2 Å². The summed E-state index contributed by atoms with van der Waals surface area (Å²) in [6.07, 6.45) is 2.48. The maximum Gasteiger partial charge on any atom is 0.320 e. The summed E-state index contributed by atoms with van der Waals surface area (Å²) in [5.41, 5.74) is 1.04. The van der Waals surface area contributed by atoms with Crippen LogP contribution in [0.3, 0.4) is 0 Å². The molecule has 3 aliphatic heterocycles. The van der Waals surface area contributed by atoms with Crippen LogP contribution in [-0.4, -0.2) is 71.7 Å². The second-order valence-corrected chi connectivity index (χ2v) is 8.13. The lowest BCUT2D eigenvalue weighted by Gasteiger charge is -2.46. The number of morpholine rings is 1. The quantitative estimate of drug-likeness (QED) is 0.813. The number of ether oxygens (including phenoxy) is 2. The number of benzene rings is 1. The number of pyridine rings is 1. The molecule has 31 heavy (non-hydrogen) atoms. The van der Waals surface area contributed by atoms with Gasteiger partial charge in [-0.3, -0.25) is 4.79 Å². The fourth-order valence-electron chi connectivity index (χ4n) is 4.24. The van der Waals surface area contributed by atoms with Gasteiger partial charge >= 0.3 is 6.03 Å². The molecule has 2 atom stereocenters. The first kappa shape index (κ1) is 19.7. The van der Waals surface area contributed by atoms with Crippen LogP contribution in [-0.2, 0) is 9.53 Å². The Bertz CT molecular complexity index is 962. The Morgan fingerprint density at radius 1 is 1.13 bits per heavy atom. The third-order valence-electron chi connectivity index (χ3n) is 6.01. The van der Waals surface area contributed by atoms with Gasteiger partial charge in [0.1, 0.15) is 18.2 Å². The summed E-state index contributed by atoms with van der Waals surface area (Å²) < 4.78 is 24.2. The molecule has 0 radical (unpaired) electrons. The van der Waals surface area contributed by atoms with Crippen molar-refractivity contribution < 1.29 is 23.5 Å². The summed E-state index contributed by atoms with van der Waals surface area (Å²) in [5, 5.41) is 2.92. The lowest BCUT2D eigenvalue weighted by molar-refractivity contribution is -0.139. The summed E-state index contributed by atoms with van der Waals surface area (Å²) in [6, 6.07) is 9.36. The van der Waals surface area contributed by atoms with E-state index in [0.717, 1.165) is 12.0 Å². The molecular weight excluding hydrogens is 403 g/mol. The smallest absolute Gasteiger partial charge is 0.320 e. The second kappa shape index (κ2) is 8.14. The van der Waals surface area contributed by atoms with Crippen LogP contribution in [0.15, 0.2) is 42.6 Å². The Hall–Kier alpha value is -3.20. The van der Waals surface area contributed by atoms with Crippen LogP contribution in [0, 0.1) is 5.82 Å². The first-order chi connectivity index (χ1) is 15.0. The molecule has 1 aromatic heterocycles. The predicted octanol–water partition coefficient (Wildman–Crippen LogP) is 2.12. The van der Waals surface area contributed by atoms with Crippen LogP contribution in [0.2, 0.25) is 0 Å². The molecule has 0 aliphatic carbocycles. The van der Waals surface area contributed by atoms with Crippen LogP contribution >= 0.6 is 0 Å². The number of likely N-dealkylation sites (tertiary alicyclic amines) is 2. The molecule has 0 bridgehead atoms. The zero-order chi connectivity index (χ0) is 21.4.